The second kappa shape index (κ2) is 10.1. The van der Waals surface area contributed by atoms with Gasteiger partial charge in [-0.1, -0.05) is 61.9 Å². The lowest BCUT2D eigenvalue weighted by atomic mass is 9.98. The molecule has 7 nitrogen and oxygen atoms in total. The highest BCUT2D eigenvalue weighted by atomic mass is 16.5. The summed E-state index contributed by atoms with van der Waals surface area (Å²) in [4.78, 5) is 36.3. The molecule has 2 aliphatic carbocycles. The van der Waals surface area contributed by atoms with Crippen LogP contribution in [0.1, 0.15) is 56.1 Å². The number of hydrogen-bond donors (Lipinski definition) is 3. The third kappa shape index (κ3) is 5.02. The van der Waals surface area contributed by atoms with Crippen LogP contribution in [0.2, 0.25) is 0 Å². The summed E-state index contributed by atoms with van der Waals surface area (Å²) >= 11 is 0. The van der Waals surface area contributed by atoms with Crippen molar-refractivity contribution in [2.24, 2.45) is 5.92 Å². The van der Waals surface area contributed by atoms with Crippen LogP contribution in [0.4, 0.5) is 4.79 Å². The van der Waals surface area contributed by atoms with Gasteiger partial charge < -0.3 is 20.5 Å². The molecule has 1 saturated carbocycles. The summed E-state index contributed by atoms with van der Waals surface area (Å²) in [5.41, 5.74) is 4.61. The summed E-state index contributed by atoms with van der Waals surface area (Å²) < 4.78 is 5.58. The molecule has 33 heavy (non-hydrogen) atoms. The van der Waals surface area contributed by atoms with Gasteiger partial charge in [-0.05, 0) is 41.5 Å². The summed E-state index contributed by atoms with van der Waals surface area (Å²) in [6.07, 6.45) is 2.13. The van der Waals surface area contributed by atoms with Gasteiger partial charge in [-0.15, -0.1) is 0 Å². The number of carboxylic acid groups (broad SMARTS) is 1. The summed E-state index contributed by atoms with van der Waals surface area (Å²) in [7, 11) is 0. The molecule has 0 aliphatic heterocycles. The summed E-state index contributed by atoms with van der Waals surface area (Å²) in [6, 6.07) is 15.6. The first-order chi connectivity index (χ1) is 16.0. The van der Waals surface area contributed by atoms with E-state index in [4.69, 9.17) is 4.74 Å². The fourth-order valence-corrected chi connectivity index (χ4v) is 5.02. The number of fused-ring (bicyclic) bond motifs is 3. The number of benzene rings is 2. The van der Waals surface area contributed by atoms with E-state index in [1.54, 1.807) is 0 Å². The highest BCUT2D eigenvalue weighted by Crippen LogP contribution is 2.44. The number of carbonyl (C=O) groups is 3. The molecule has 4 rings (SSSR count). The molecule has 1 fully saturated rings. The molecular formula is C26H30N2O5. The van der Waals surface area contributed by atoms with Crippen molar-refractivity contribution in [3.8, 4) is 11.1 Å². The van der Waals surface area contributed by atoms with Crippen molar-refractivity contribution >= 4 is 18.0 Å². The predicted octanol–water partition coefficient (Wildman–Crippen LogP) is 4.06. The van der Waals surface area contributed by atoms with E-state index >= 15 is 0 Å². The molecule has 174 valence electrons. The van der Waals surface area contributed by atoms with E-state index in [1.165, 1.54) is 0 Å². The van der Waals surface area contributed by atoms with Crippen LogP contribution in [0.5, 0.6) is 0 Å². The highest BCUT2D eigenvalue weighted by Gasteiger charge is 2.34. The predicted molar refractivity (Wildman–Crippen MR) is 124 cm³/mol. The van der Waals surface area contributed by atoms with Gasteiger partial charge >= 0.3 is 12.1 Å². The molecule has 0 spiro atoms. The first-order valence-corrected chi connectivity index (χ1v) is 11.6. The lowest BCUT2D eigenvalue weighted by molar-refractivity contribution is -0.142. The molecule has 2 aromatic carbocycles. The SMILES string of the molecule is CC[C@H](CC(=O)N[C@H]1CCC[C@H]1C(=O)O)NC(=O)OCC1c2ccccc2-c2ccccc21. The Labute approximate surface area is 193 Å². The number of nitrogens with one attached hydrogen (secondary N) is 2. The van der Waals surface area contributed by atoms with Crippen LogP contribution in [0.15, 0.2) is 48.5 Å². The van der Waals surface area contributed by atoms with Crippen molar-refractivity contribution in [1.82, 2.24) is 10.6 Å². The lowest BCUT2D eigenvalue weighted by Gasteiger charge is -2.21. The first-order valence-electron chi connectivity index (χ1n) is 11.6. The molecule has 0 heterocycles. The summed E-state index contributed by atoms with van der Waals surface area (Å²) in [5.74, 6) is -1.69. The minimum Gasteiger partial charge on any atom is -0.481 e. The van der Waals surface area contributed by atoms with E-state index in [2.05, 4.69) is 34.9 Å². The smallest absolute Gasteiger partial charge is 0.407 e. The topological polar surface area (TPSA) is 105 Å². The standard InChI is InChI=1S/C26H30N2O5/c1-2-16(14-24(29)28-23-13-7-12-21(23)25(30)31)27-26(32)33-15-22-19-10-5-3-8-17(19)18-9-4-6-11-20(18)22/h3-6,8-11,16,21-23H,2,7,12-15H2,1H3,(H,27,32)(H,28,29)(H,30,31)/t16-,21-,23+/m1/s1. The normalized spacial score (nSPS) is 19.9. The van der Waals surface area contributed by atoms with Gasteiger partial charge in [0.15, 0.2) is 0 Å². The van der Waals surface area contributed by atoms with E-state index in [-0.39, 0.29) is 36.9 Å². The number of carboxylic acids is 1. The number of carbonyl (C=O) groups excluding carboxylic acids is 2. The summed E-state index contributed by atoms with van der Waals surface area (Å²) in [5, 5.41) is 14.9. The van der Waals surface area contributed by atoms with Crippen molar-refractivity contribution in [3.05, 3.63) is 59.7 Å². The Morgan fingerprint density at radius 3 is 2.27 bits per heavy atom. The maximum atomic E-state index is 12.5. The van der Waals surface area contributed by atoms with E-state index < -0.39 is 18.0 Å². The van der Waals surface area contributed by atoms with Crippen molar-refractivity contribution in [2.75, 3.05) is 6.61 Å². The van der Waals surface area contributed by atoms with Crippen molar-refractivity contribution < 1.29 is 24.2 Å². The van der Waals surface area contributed by atoms with Crippen LogP contribution >= 0.6 is 0 Å². The number of aliphatic carboxylic acids is 1. The number of rotatable bonds is 8. The van der Waals surface area contributed by atoms with Gasteiger partial charge in [0.1, 0.15) is 6.61 Å². The minimum absolute atomic E-state index is 0.0261. The largest absolute Gasteiger partial charge is 0.481 e. The first kappa shape index (κ1) is 22.8. The van der Waals surface area contributed by atoms with Crippen LogP contribution in [0.25, 0.3) is 11.1 Å². The molecule has 2 aromatic rings. The van der Waals surface area contributed by atoms with E-state index in [1.807, 2.05) is 31.2 Å². The van der Waals surface area contributed by atoms with Crippen LogP contribution < -0.4 is 10.6 Å². The van der Waals surface area contributed by atoms with Gasteiger partial charge in [-0.2, -0.15) is 0 Å². The molecule has 7 heteroatoms. The Bertz CT molecular complexity index is 991. The van der Waals surface area contributed by atoms with Gasteiger partial charge in [-0.25, -0.2) is 4.79 Å². The zero-order valence-electron chi connectivity index (χ0n) is 18.8. The third-order valence-corrected chi connectivity index (χ3v) is 6.77. The number of amides is 2. The molecular weight excluding hydrogens is 420 g/mol. The Hall–Kier alpha value is -3.35. The van der Waals surface area contributed by atoms with Crippen LogP contribution in [-0.2, 0) is 14.3 Å². The maximum absolute atomic E-state index is 12.5. The molecule has 2 aliphatic rings. The fourth-order valence-electron chi connectivity index (χ4n) is 5.02. The van der Waals surface area contributed by atoms with E-state index in [9.17, 15) is 19.5 Å². The quantitative estimate of drug-likeness (QED) is 0.563. The monoisotopic (exact) mass is 450 g/mol. The molecule has 3 N–H and O–H groups in total. The zero-order chi connectivity index (χ0) is 23.4. The van der Waals surface area contributed by atoms with Crippen LogP contribution in [-0.4, -0.2) is 41.8 Å². The fraction of sp³-hybridized carbons (Fsp3) is 0.423. The third-order valence-electron chi connectivity index (χ3n) is 6.77. The Balaban J connectivity index is 1.31. The van der Waals surface area contributed by atoms with Gasteiger partial charge in [0, 0.05) is 24.4 Å². The van der Waals surface area contributed by atoms with Gasteiger partial charge in [0.05, 0.1) is 5.92 Å². The maximum Gasteiger partial charge on any atom is 0.407 e. The second-order valence-corrected chi connectivity index (χ2v) is 8.83. The van der Waals surface area contributed by atoms with Crippen LogP contribution in [0, 0.1) is 5.92 Å². The van der Waals surface area contributed by atoms with Gasteiger partial charge in [-0.3, -0.25) is 9.59 Å². The molecule has 3 atom stereocenters. The molecule has 0 saturated heterocycles. The van der Waals surface area contributed by atoms with Crippen molar-refractivity contribution in [3.63, 3.8) is 0 Å². The van der Waals surface area contributed by atoms with Crippen LogP contribution in [0.3, 0.4) is 0 Å². The zero-order valence-corrected chi connectivity index (χ0v) is 18.8. The average molecular weight is 451 g/mol. The number of ether oxygens (including phenoxy) is 1. The molecule has 0 aromatic heterocycles. The van der Waals surface area contributed by atoms with Crippen molar-refractivity contribution in [1.29, 1.82) is 0 Å². The average Bonchev–Trinajstić information content (AvgIpc) is 3.40. The van der Waals surface area contributed by atoms with E-state index in [0.717, 1.165) is 28.7 Å². The van der Waals surface area contributed by atoms with Crippen molar-refractivity contribution in [2.45, 2.75) is 57.0 Å². The Morgan fingerprint density at radius 1 is 1.03 bits per heavy atom. The minimum atomic E-state index is -0.874. The summed E-state index contributed by atoms with van der Waals surface area (Å²) in [6.45, 7) is 2.10. The lowest BCUT2D eigenvalue weighted by Crippen LogP contribution is -2.44. The number of hydrogen-bond acceptors (Lipinski definition) is 4. The Morgan fingerprint density at radius 2 is 1.67 bits per heavy atom. The number of alkyl carbamates (subject to hydrolysis) is 1. The highest BCUT2D eigenvalue weighted by molar-refractivity contribution is 5.80. The molecule has 2 amide bonds. The molecule has 0 bridgehead atoms. The molecule has 0 radical (unpaired) electrons. The Kier molecular flexibility index (Phi) is 6.96. The van der Waals surface area contributed by atoms with Gasteiger partial charge in [0.25, 0.3) is 0 Å². The second-order valence-electron chi connectivity index (χ2n) is 8.83. The van der Waals surface area contributed by atoms with Gasteiger partial charge in [0.2, 0.25) is 5.91 Å². The van der Waals surface area contributed by atoms with E-state index in [0.29, 0.717) is 19.3 Å². The molecule has 0 unspecified atom stereocenters.